The van der Waals surface area contributed by atoms with Crippen molar-refractivity contribution in [2.75, 3.05) is 38.2 Å². The van der Waals surface area contributed by atoms with Crippen LogP contribution in [0.1, 0.15) is 11.1 Å². The van der Waals surface area contributed by atoms with Gasteiger partial charge in [-0.3, -0.25) is 4.90 Å². The lowest BCUT2D eigenvalue weighted by molar-refractivity contribution is -0.137. The van der Waals surface area contributed by atoms with Gasteiger partial charge in [0.1, 0.15) is 0 Å². The maximum atomic E-state index is 13.1. The molecule has 2 aliphatic heterocycles. The lowest BCUT2D eigenvalue weighted by Gasteiger charge is -2.33. The van der Waals surface area contributed by atoms with Gasteiger partial charge >= 0.3 is 6.18 Å². The topological polar surface area (TPSA) is 39.5 Å². The third kappa shape index (κ3) is 2.64. The van der Waals surface area contributed by atoms with Crippen molar-refractivity contribution in [1.29, 1.82) is 5.26 Å². The van der Waals surface area contributed by atoms with E-state index in [1.165, 1.54) is 6.07 Å². The summed E-state index contributed by atoms with van der Waals surface area (Å²) in [6.45, 7) is 2.67. The Bertz CT molecular complexity index is 611. The van der Waals surface area contributed by atoms with Crippen LogP contribution in [0.25, 0.3) is 0 Å². The summed E-state index contributed by atoms with van der Waals surface area (Å²) in [5.41, 5.74) is -0.740. The highest BCUT2D eigenvalue weighted by Crippen LogP contribution is 2.35. The lowest BCUT2D eigenvalue weighted by atomic mass is 10.1. The van der Waals surface area contributed by atoms with E-state index in [1.54, 1.807) is 12.1 Å². The molecule has 3 rings (SSSR count). The van der Waals surface area contributed by atoms with Gasteiger partial charge in [0.15, 0.2) is 0 Å². The number of alkyl halides is 3. The molecule has 0 bridgehead atoms. The summed E-state index contributed by atoms with van der Waals surface area (Å²) in [6.07, 6.45) is -4.51. The predicted molar refractivity (Wildman–Crippen MR) is 74.5 cm³/mol. The molecular formula is C15H16F3N3O. The van der Waals surface area contributed by atoms with E-state index < -0.39 is 11.7 Å². The number of likely N-dealkylation sites (N-methyl/N-ethyl adjacent to an activating group) is 1. The van der Waals surface area contributed by atoms with Crippen molar-refractivity contribution in [1.82, 2.24) is 4.90 Å². The molecule has 0 aromatic heterocycles. The Morgan fingerprint density at radius 3 is 2.73 bits per heavy atom. The van der Waals surface area contributed by atoms with Crippen LogP contribution in [0.4, 0.5) is 18.9 Å². The normalized spacial score (nSPS) is 25.9. The molecule has 22 heavy (non-hydrogen) atoms. The maximum Gasteiger partial charge on any atom is 0.417 e. The quantitative estimate of drug-likeness (QED) is 0.796. The molecular weight excluding hydrogens is 295 g/mol. The first-order chi connectivity index (χ1) is 10.4. The highest BCUT2D eigenvalue weighted by molar-refractivity contribution is 5.56. The lowest BCUT2D eigenvalue weighted by Crippen LogP contribution is -2.48. The Labute approximate surface area is 126 Å². The van der Waals surface area contributed by atoms with E-state index in [2.05, 4.69) is 4.90 Å². The molecule has 2 saturated heterocycles. The van der Waals surface area contributed by atoms with E-state index in [0.717, 1.165) is 12.6 Å². The molecule has 0 N–H and O–H groups in total. The monoisotopic (exact) mass is 311 g/mol. The Balaban J connectivity index is 1.89. The molecule has 0 aliphatic carbocycles. The Morgan fingerprint density at radius 2 is 2.09 bits per heavy atom. The van der Waals surface area contributed by atoms with Crippen molar-refractivity contribution in [2.24, 2.45) is 0 Å². The van der Waals surface area contributed by atoms with Crippen molar-refractivity contribution < 1.29 is 17.9 Å². The molecule has 0 spiro atoms. The summed E-state index contributed by atoms with van der Waals surface area (Å²) in [5.74, 6) is 0. The zero-order chi connectivity index (χ0) is 15.9. The average Bonchev–Trinajstić information content (AvgIpc) is 2.91. The number of benzene rings is 1. The molecule has 7 heteroatoms. The summed E-state index contributed by atoms with van der Waals surface area (Å²) in [4.78, 5) is 4.08. The number of ether oxygens (including phenoxy) is 1. The summed E-state index contributed by atoms with van der Waals surface area (Å²) in [5, 5.41) is 8.85. The van der Waals surface area contributed by atoms with Gasteiger partial charge < -0.3 is 9.64 Å². The predicted octanol–water partition coefficient (Wildman–Crippen LogP) is 2.10. The van der Waals surface area contributed by atoms with Crippen LogP contribution in [0.5, 0.6) is 0 Å². The zero-order valence-electron chi connectivity index (χ0n) is 12.1. The molecule has 4 nitrogen and oxygen atoms in total. The van der Waals surface area contributed by atoms with Crippen LogP contribution in [-0.4, -0.2) is 50.3 Å². The summed E-state index contributed by atoms with van der Waals surface area (Å²) in [7, 11) is 2.00. The van der Waals surface area contributed by atoms with Crippen molar-refractivity contribution >= 4 is 5.69 Å². The van der Waals surface area contributed by atoms with Crippen LogP contribution < -0.4 is 4.90 Å². The fourth-order valence-electron chi connectivity index (χ4n) is 3.13. The second-order valence-corrected chi connectivity index (χ2v) is 5.70. The highest BCUT2D eigenvalue weighted by Gasteiger charge is 2.40. The minimum absolute atomic E-state index is 0.0173. The van der Waals surface area contributed by atoms with Crippen LogP contribution in [-0.2, 0) is 10.9 Å². The van der Waals surface area contributed by atoms with Gasteiger partial charge in [0.25, 0.3) is 0 Å². The van der Waals surface area contributed by atoms with Crippen molar-refractivity contribution in [3.05, 3.63) is 29.3 Å². The molecule has 2 unspecified atom stereocenters. The average molecular weight is 311 g/mol. The van der Waals surface area contributed by atoms with Gasteiger partial charge in [0.05, 0.1) is 35.9 Å². The second kappa shape index (κ2) is 5.45. The van der Waals surface area contributed by atoms with E-state index in [4.69, 9.17) is 10.00 Å². The summed E-state index contributed by atoms with van der Waals surface area (Å²) < 4.78 is 44.9. The number of rotatable bonds is 1. The summed E-state index contributed by atoms with van der Waals surface area (Å²) in [6, 6.07) is 5.68. The molecule has 118 valence electrons. The molecule has 0 radical (unpaired) electrons. The van der Waals surface area contributed by atoms with Crippen LogP contribution in [0.3, 0.4) is 0 Å². The summed E-state index contributed by atoms with van der Waals surface area (Å²) >= 11 is 0. The van der Waals surface area contributed by atoms with Gasteiger partial charge in [-0.15, -0.1) is 0 Å². The first-order valence-corrected chi connectivity index (χ1v) is 7.08. The highest BCUT2D eigenvalue weighted by atomic mass is 19.4. The van der Waals surface area contributed by atoms with Crippen molar-refractivity contribution in [3.63, 3.8) is 0 Å². The van der Waals surface area contributed by atoms with Gasteiger partial charge in [-0.25, -0.2) is 0 Å². The second-order valence-electron chi connectivity index (χ2n) is 5.70. The van der Waals surface area contributed by atoms with Crippen LogP contribution >= 0.6 is 0 Å². The minimum Gasteiger partial charge on any atom is -0.373 e. The number of halogens is 3. The SMILES string of the molecule is CN1CCOC2CN(c3ccc(C#N)c(C(F)(F)F)c3)CC21. The molecule has 2 heterocycles. The molecule has 2 fully saturated rings. The minimum atomic E-state index is -4.53. The van der Waals surface area contributed by atoms with Crippen LogP contribution in [0, 0.1) is 11.3 Å². The van der Waals surface area contributed by atoms with E-state index in [0.29, 0.717) is 25.4 Å². The molecule has 0 saturated carbocycles. The van der Waals surface area contributed by atoms with Gasteiger partial charge in [-0.1, -0.05) is 0 Å². The molecule has 1 aromatic rings. The first-order valence-electron chi connectivity index (χ1n) is 7.08. The van der Waals surface area contributed by atoms with Gasteiger partial charge in [0.2, 0.25) is 0 Å². The fraction of sp³-hybridized carbons (Fsp3) is 0.533. The third-order valence-electron chi connectivity index (χ3n) is 4.37. The van der Waals surface area contributed by atoms with Gasteiger partial charge in [-0.05, 0) is 25.2 Å². The van der Waals surface area contributed by atoms with E-state index in [9.17, 15) is 13.2 Å². The number of hydrogen-bond acceptors (Lipinski definition) is 4. The van der Waals surface area contributed by atoms with Crippen LogP contribution in [0.15, 0.2) is 18.2 Å². The number of anilines is 1. The number of hydrogen-bond donors (Lipinski definition) is 0. The van der Waals surface area contributed by atoms with E-state index in [-0.39, 0.29) is 17.7 Å². The molecule has 1 aromatic carbocycles. The molecule has 2 aliphatic rings. The van der Waals surface area contributed by atoms with Crippen LogP contribution in [0.2, 0.25) is 0 Å². The maximum absolute atomic E-state index is 13.1. The van der Waals surface area contributed by atoms with E-state index in [1.807, 2.05) is 11.9 Å². The Kier molecular flexibility index (Phi) is 3.75. The first kappa shape index (κ1) is 15.1. The smallest absolute Gasteiger partial charge is 0.373 e. The van der Waals surface area contributed by atoms with Gasteiger partial charge in [-0.2, -0.15) is 18.4 Å². The van der Waals surface area contributed by atoms with Gasteiger partial charge in [0, 0.05) is 25.3 Å². The molecule has 2 atom stereocenters. The largest absolute Gasteiger partial charge is 0.417 e. The Morgan fingerprint density at radius 1 is 1.32 bits per heavy atom. The molecule has 0 amide bonds. The standard InChI is InChI=1S/C15H16F3N3O/c1-20-4-5-22-14-9-21(8-13(14)20)11-3-2-10(7-19)12(6-11)15(16,17)18/h2-3,6,13-14H,4-5,8-9H2,1H3. The van der Waals surface area contributed by atoms with Crippen molar-refractivity contribution in [3.8, 4) is 6.07 Å². The number of fused-ring (bicyclic) bond motifs is 1. The zero-order valence-corrected chi connectivity index (χ0v) is 12.1. The van der Waals surface area contributed by atoms with E-state index >= 15 is 0 Å². The fourth-order valence-corrected chi connectivity index (χ4v) is 3.13. The van der Waals surface area contributed by atoms with Crippen molar-refractivity contribution in [2.45, 2.75) is 18.3 Å². The number of nitriles is 1. The number of morpholine rings is 1. The third-order valence-corrected chi connectivity index (χ3v) is 4.37. The number of nitrogens with zero attached hydrogens (tertiary/aromatic N) is 3. The Hall–Kier alpha value is -1.78.